The zero-order chi connectivity index (χ0) is 14.0. The lowest BCUT2D eigenvalue weighted by Crippen LogP contribution is -2.05. The van der Waals surface area contributed by atoms with Crippen LogP contribution in [0.3, 0.4) is 0 Å². The van der Waals surface area contributed by atoms with Crippen molar-refractivity contribution in [2.45, 2.75) is 19.4 Å². The number of benzene rings is 2. The van der Waals surface area contributed by atoms with Crippen molar-refractivity contribution in [1.29, 1.82) is 0 Å². The number of hydrogen-bond acceptors (Lipinski definition) is 1. The molecule has 1 unspecified atom stereocenters. The van der Waals surface area contributed by atoms with Crippen LogP contribution < -0.4 is 0 Å². The van der Waals surface area contributed by atoms with Crippen molar-refractivity contribution in [3.05, 3.63) is 68.4 Å². The third-order valence-corrected chi connectivity index (χ3v) is 4.27. The first-order valence-electron chi connectivity index (χ1n) is 5.86. The first-order valence-corrected chi connectivity index (χ1v) is 7.03. The average Bonchev–Trinajstić information content (AvgIpc) is 2.37. The monoisotopic (exact) mass is 342 g/mol. The van der Waals surface area contributed by atoms with Gasteiger partial charge in [-0.05, 0) is 47.9 Å². The zero-order valence-corrected chi connectivity index (χ0v) is 12.7. The van der Waals surface area contributed by atoms with Crippen molar-refractivity contribution in [2.24, 2.45) is 0 Å². The van der Waals surface area contributed by atoms with Gasteiger partial charge in [0, 0.05) is 15.9 Å². The highest BCUT2D eigenvalue weighted by Gasteiger charge is 2.14. The molecule has 2 rings (SSSR count). The van der Waals surface area contributed by atoms with Crippen LogP contribution in [0, 0.1) is 12.7 Å². The normalized spacial score (nSPS) is 12.5. The summed E-state index contributed by atoms with van der Waals surface area (Å²) in [6.07, 6.45) is -0.378. The van der Waals surface area contributed by atoms with Crippen LogP contribution in [-0.4, -0.2) is 5.11 Å². The lowest BCUT2D eigenvalue weighted by Gasteiger charge is -2.15. The second kappa shape index (κ2) is 6.04. The van der Waals surface area contributed by atoms with Crippen molar-refractivity contribution in [1.82, 2.24) is 0 Å². The van der Waals surface area contributed by atoms with Crippen molar-refractivity contribution in [3.63, 3.8) is 0 Å². The first kappa shape index (κ1) is 14.5. The van der Waals surface area contributed by atoms with Gasteiger partial charge in [-0.15, -0.1) is 0 Å². The molecular weight excluding hydrogens is 331 g/mol. The lowest BCUT2D eigenvalue weighted by atomic mass is 9.98. The molecule has 2 aromatic carbocycles. The molecule has 0 aliphatic rings. The molecule has 0 spiro atoms. The van der Waals surface area contributed by atoms with Gasteiger partial charge in [0.25, 0.3) is 0 Å². The first-order chi connectivity index (χ1) is 8.99. The van der Waals surface area contributed by atoms with Gasteiger partial charge in [0.1, 0.15) is 5.82 Å². The van der Waals surface area contributed by atoms with Gasteiger partial charge in [-0.1, -0.05) is 39.7 Å². The van der Waals surface area contributed by atoms with E-state index < -0.39 is 6.10 Å². The number of rotatable bonds is 3. The van der Waals surface area contributed by atoms with Crippen molar-refractivity contribution in [3.8, 4) is 0 Å². The molecule has 2 aromatic rings. The smallest absolute Gasteiger partial charge is 0.123 e. The highest BCUT2D eigenvalue weighted by molar-refractivity contribution is 9.10. The molecule has 1 N–H and O–H groups in total. The van der Waals surface area contributed by atoms with Gasteiger partial charge in [0.2, 0.25) is 0 Å². The Morgan fingerprint density at radius 2 is 2.05 bits per heavy atom. The van der Waals surface area contributed by atoms with E-state index in [2.05, 4.69) is 15.9 Å². The van der Waals surface area contributed by atoms with Gasteiger partial charge >= 0.3 is 0 Å². The largest absolute Gasteiger partial charge is 0.388 e. The maximum Gasteiger partial charge on any atom is 0.123 e. The third-order valence-electron chi connectivity index (χ3n) is 3.09. The molecule has 0 amide bonds. The summed E-state index contributed by atoms with van der Waals surface area (Å²) in [6, 6.07) is 9.86. The van der Waals surface area contributed by atoms with Gasteiger partial charge < -0.3 is 5.11 Å². The quantitative estimate of drug-likeness (QED) is 0.846. The van der Waals surface area contributed by atoms with Crippen molar-refractivity contribution >= 4 is 27.5 Å². The maximum absolute atomic E-state index is 13.2. The molecule has 0 aromatic heterocycles. The Bertz CT molecular complexity index is 601. The van der Waals surface area contributed by atoms with Crippen LogP contribution >= 0.6 is 27.5 Å². The molecule has 0 saturated heterocycles. The third kappa shape index (κ3) is 3.35. The van der Waals surface area contributed by atoms with E-state index in [-0.39, 0.29) is 5.82 Å². The molecule has 0 saturated carbocycles. The molecule has 0 heterocycles. The van der Waals surface area contributed by atoms with E-state index in [4.69, 9.17) is 11.6 Å². The molecule has 0 aliphatic carbocycles. The number of aliphatic hydroxyl groups is 1. The fraction of sp³-hybridized carbons (Fsp3) is 0.200. The Morgan fingerprint density at radius 3 is 2.79 bits per heavy atom. The molecule has 100 valence electrons. The molecule has 0 fully saturated rings. The van der Waals surface area contributed by atoms with E-state index in [0.29, 0.717) is 11.4 Å². The fourth-order valence-electron chi connectivity index (χ4n) is 2.00. The summed E-state index contributed by atoms with van der Waals surface area (Å²) in [5.74, 6) is -0.312. The van der Waals surface area contributed by atoms with Gasteiger partial charge in [0.05, 0.1) is 6.10 Å². The predicted octanol–water partition coefficient (Wildman–Crippen LogP) is 4.83. The highest BCUT2D eigenvalue weighted by atomic mass is 79.9. The van der Waals surface area contributed by atoms with Crippen molar-refractivity contribution in [2.75, 3.05) is 0 Å². The minimum absolute atomic E-state index is 0.312. The predicted molar refractivity (Wildman–Crippen MR) is 79.0 cm³/mol. The summed E-state index contributed by atoms with van der Waals surface area (Å²) >= 11 is 9.40. The number of hydrogen-bond donors (Lipinski definition) is 1. The fourth-order valence-corrected chi connectivity index (χ4v) is 2.59. The van der Waals surface area contributed by atoms with Gasteiger partial charge in [-0.25, -0.2) is 4.39 Å². The SMILES string of the molecule is Cc1c(Cl)cccc1C(O)Cc1cc(F)ccc1Br. The van der Waals surface area contributed by atoms with Crippen LogP contribution in [0.1, 0.15) is 22.8 Å². The van der Waals surface area contributed by atoms with E-state index in [9.17, 15) is 9.50 Å². The molecule has 1 atom stereocenters. The van der Waals surface area contributed by atoms with E-state index in [0.717, 1.165) is 21.2 Å². The maximum atomic E-state index is 13.2. The van der Waals surface area contributed by atoms with Crippen LogP contribution in [0.5, 0.6) is 0 Å². The Balaban J connectivity index is 2.28. The molecular formula is C15H13BrClFO. The Kier molecular flexibility index (Phi) is 4.61. The lowest BCUT2D eigenvalue weighted by molar-refractivity contribution is 0.177. The summed E-state index contributed by atoms with van der Waals surface area (Å²) in [6.45, 7) is 1.86. The van der Waals surface area contributed by atoms with E-state index in [1.165, 1.54) is 12.1 Å². The molecule has 0 radical (unpaired) electrons. The standard InChI is InChI=1S/C15H13BrClFO/c1-9-12(3-2-4-14(9)17)15(19)8-10-7-11(18)5-6-13(10)16/h2-7,15,19H,8H2,1H3. The van der Waals surface area contributed by atoms with Gasteiger partial charge in [-0.2, -0.15) is 0 Å². The number of halogens is 3. The summed E-state index contributed by atoms with van der Waals surface area (Å²) in [4.78, 5) is 0. The Hall–Kier alpha value is -0.900. The Morgan fingerprint density at radius 1 is 1.32 bits per heavy atom. The van der Waals surface area contributed by atoms with Crippen LogP contribution in [0.15, 0.2) is 40.9 Å². The highest BCUT2D eigenvalue weighted by Crippen LogP contribution is 2.29. The van der Waals surface area contributed by atoms with E-state index >= 15 is 0 Å². The van der Waals surface area contributed by atoms with Crippen LogP contribution in [-0.2, 0) is 6.42 Å². The summed E-state index contributed by atoms with van der Waals surface area (Å²) in [5, 5.41) is 10.9. The molecule has 0 aliphatic heterocycles. The van der Waals surface area contributed by atoms with Gasteiger partial charge in [0.15, 0.2) is 0 Å². The minimum Gasteiger partial charge on any atom is -0.388 e. The van der Waals surface area contributed by atoms with Crippen LogP contribution in [0.2, 0.25) is 5.02 Å². The molecule has 4 heteroatoms. The van der Waals surface area contributed by atoms with Crippen molar-refractivity contribution < 1.29 is 9.50 Å². The summed E-state index contributed by atoms with van der Waals surface area (Å²) < 4.78 is 14.0. The molecule has 1 nitrogen and oxygen atoms in total. The summed E-state index contributed by atoms with van der Waals surface area (Å²) in [7, 11) is 0. The zero-order valence-electron chi connectivity index (χ0n) is 10.3. The summed E-state index contributed by atoms with van der Waals surface area (Å²) in [5.41, 5.74) is 2.35. The van der Waals surface area contributed by atoms with Crippen LogP contribution in [0.25, 0.3) is 0 Å². The van der Waals surface area contributed by atoms with Crippen LogP contribution in [0.4, 0.5) is 4.39 Å². The average molecular weight is 344 g/mol. The number of aliphatic hydroxyl groups excluding tert-OH is 1. The molecule has 19 heavy (non-hydrogen) atoms. The second-order valence-corrected chi connectivity index (χ2v) is 5.67. The van der Waals surface area contributed by atoms with E-state index in [1.54, 1.807) is 18.2 Å². The minimum atomic E-state index is -0.711. The topological polar surface area (TPSA) is 20.2 Å². The Labute approximate surface area is 125 Å². The van der Waals surface area contributed by atoms with Gasteiger partial charge in [-0.3, -0.25) is 0 Å². The second-order valence-electron chi connectivity index (χ2n) is 4.41. The molecule has 0 bridgehead atoms. The van der Waals surface area contributed by atoms with E-state index in [1.807, 2.05) is 13.0 Å².